The predicted molar refractivity (Wildman–Crippen MR) is 82.1 cm³/mol. The molecule has 2 rings (SSSR count). The molecule has 1 aromatic rings. The van der Waals surface area contributed by atoms with Gasteiger partial charge >= 0.3 is 0 Å². The minimum Gasteiger partial charge on any atom is -0.311 e. The topological polar surface area (TPSA) is 15.3 Å². The third kappa shape index (κ3) is 4.03. The summed E-state index contributed by atoms with van der Waals surface area (Å²) in [6.45, 7) is 9.87. The first kappa shape index (κ1) is 15.5. The van der Waals surface area contributed by atoms with E-state index in [0.29, 0.717) is 18.0 Å². The Morgan fingerprint density at radius 1 is 1.30 bits per heavy atom. The summed E-state index contributed by atoms with van der Waals surface area (Å²) in [7, 11) is 0. The van der Waals surface area contributed by atoms with Crippen molar-refractivity contribution in [3.63, 3.8) is 0 Å². The molecule has 1 N–H and O–H groups in total. The number of nitrogens with zero attached hydrogens (tertiary/aromatic N) is 1. The van der Waals surface area contributed by atoms with E-state index < -0.39 is 0 Å². The molecule has 0 aliphatic carbocycles. The van der Waals surface area contributed by atoms with Crippen LogP contribution in [0.5, 0.6) is 0 Å². The van der Waals surface area contributed by atoms with Gasteiger partial charge in [0.05, 0.1) is 0 Å². The number of benzene rings is 1. The molecular weight excluding hydrogens is 251 g/mol. The zero-order valence-electron chi connectivity index (χ0n) is 12.9. The fraction of sp³-hybridized carbons (Fsp3) is 0.647. The Morgan fingerprint density at radius 2 is 2.00 bits per heavy atom. The van der Waals surface area contributed by atoms with Gasteiger partial charge in [0.1, 0.15) is 5.82 Å². The van der Waals surface area contributed by atoms with Gasteiger partial charge in [-0.2, -0.15) is 0 Å². The number of hydrogen-bond acceptors (Lipinski definition) is 2. The number of nitrogens with one attached hydrogen (secondary N) is 1. The van der Waals surface area contributed by atoms with Crippen LogP contribution in [0.2, 0.25) is 0 Å². The Morgan fingerprint density at radius 3 is 2.60 bits per heavy atom. The average molecular weight is 278 g/mol. The minimum absolute atomic E-state index is 0.154. The zero-order chi connectivity index (χ0) is 14.5. The molecule has 2 atom stereocenters. The molecule has 3 heteroatoms. The van der Waals surface area contributed by atoms with Crippen molar-refractivity contribution < 1.29 is 4.39 Å². The third-order valence-corrected chi connectivity index (χ3v) is 4.25. The van der Waals surface area contributed by atoms with E-state index >= 15 is 0 Å². The van der Waals surface area contributed by atoms with E-state index in [-0.39, 0.29) is 5.82 Å². The molecule has 0 bridgehead atoms. The largest absolute Gasteiger partial charge is 0.311 e. The summed E-state index contributed by atoms with van der Waals surface area (Å²) in [6, 6.07) is 8.09. The van der Waals surface area contributed by atoms with Gasteiger partial charge in [0.2, 0.25) is 0 Å². The van der Waals surface area contributed by atoms with E-state index in [0.717, 1.165) is 19.6 Å². The summed E-state index contributed by atoms with van der Waals surface area (Å²) in [6.07, 6.45) is 2.44. The number of piperazine rings is 1. The molecular formula is C17H27FN2. The first-order valence-corrected chi connectivity index (χ1v) is 7.82. The highest BCUT2D eigenvalue weighted by Crippen LogP contribution is 2.20. The second kappa shape index (κ2) is 7.19. The summed E-state index contributed by atoms with van der Waals surface area (Å²) in [5.74, 6) is 0.476. The van der Waals surface area contributed by atoms with Gasteiger partial charge in [0.15, 0.2) is 0 Å². The van der Waals surface area contributed by atoms with Gasteiger partial charge in [0, 0.05) is 31.7 Å². The Hall–Kier alpha value is -0.930. The van der Waals surface area contributed by atoms with Crippen LogP contribution in [0.1, 0.15) is 39.2 Å². The number of rotatable bonds is 5. The summed E-state index contributed by atoms with van der Waals surface area (Å²) >= 11 is 0. The molecule has 2 nitrogen and oxygen atoms in total. The Labute approximate surface area is 122 Å². The molecule has 1 aromatic carbocycles. The fourth-order valence-corrected chi connectivity index (χ4v) is 3.10. The highest BCUT2D eigenvalue weighted by atomic mass is 19.1. The summed E-state index contributed by atoms with van der Waals surface area (Å²) in [5, 5.41) is 3.67. The first-order valence-electron chi connectivity index (χ1n) is 7.82. The monoisotopic (exact) mass is 278 g/mol. The Kier molecular flexibility index (Phi) is 5.55. The van der Waals surface area contributed by atoms with Gasteiger partial charge in [-0.1, -0.05) is 39.3 Å². The quantitative estimate of drug-likeness (QED) is 0.888. The standard InChI is InChI=1S/C17H27FN2/c1-4-5-16-12-20(17(10-19-16)13(2)3)11-14-6-8-15(18)9-7-14/h6-9,13,16-17,19H,4-5,10-12H2,1-3H3/t16-,17-/m1/s1. The second-order valence-electron chi connectivity index (χ2n) is 6.26. The summed E-state index contributed by atoms with van der Waals surface area (Å²) in [4.78, 5) is 2.56. The number of hydrogen-bond donors (Lipinski definition) is 1. The predicted octanol–water partition coefficient (Wildman–Crippen LogP) is 3.42. The van der Waals surface area contributed by atoms with Crippen molar-refractivity contribution in [1.29, 1.82) is 0 Å². The lowest BCUT2D eigenvalue weighted by atomic mass is 9.96. The van der Waals surface area contributed by atoms with Crippen LogP contribution in [0.25, 0.3) is 0 Å². The van der Waals surface area contributed by atoms with E-state index in [1.807, 2.05) is 12.1 Å². The maximum atomic E-state index is 13.0. The molecule has 0 amide bonds. The number of halogens is 1. The average Bonchev–Trinajstić information content (AvgIpc) is 2.42. The molecule has 0 spiro atoms. The molecule has 0 unspecified atom stereocenters. The first-order chi connectivity index (χ1) is 9.60. The SMILES string of the molecule is CCC[C@@H]1CN(Cc2ccc(F)cc2)[C@@H](C(C)C)CN1. The van der Waals surface area contributed by atoms with E-state index in [1.165, 1.54) is 18.4 Å². The van der Waals surface area contributed by atoms with Crippen LogP contribution in [-0.4, -0.2) is 30.1 Å². The molecule has 1 aliphatic rings. The van der Waals surface area contributed by atoms with Crippen molar-refractivity contribution in [3.8, 4) is 0 Å². The van der Waals surface area contributed by atoms with E-state index in [4.69, 9.17) is 0 Å². The molecule has 0 saturated carbocycles. The fourth-order valence-electron chi connectivity index (χ4n) is 3.10. The van der Waals surface area contributed by atoms with Gasteiger partial charge in [0.25, 0.3) is 0 Å². The van der Waals surface area contributed by atoms with Gasteiger partial charge in [-0.15, -0.1) is 0 Å². The molecule has 1 fully saturated rings. The van der Waals surface area contributed by atoms with Crippen molar-refractivity contribution in [3.05, 3.63) is 35.6 Å². The smallest absolute Gasteiger partial charge is 0.123 e. The van der Waals surface area contributed by atoms with Gasteiger partial charge in [-0.25, -0.2) is 4.39 Å². The summed E-state index contributed by atoms with van der Waals surface area (Å²) in [5.41, 5.74) is 1.20. The normalized spacial score (nSPS) is 24.2. The zero-order valence-corrected chi connectivity index (χ0v) is 12.9. The van der Waals surface area contributed by atoms with Crippen molar-refractivity contribution in [2.75, 3.05) is 13.1 Å². The second-order valence-corrected chi connectivity index (χ2v) is 6.26. The molecule has 1 aliphatic heterocycles. The van der Waals surface area contributed by atoms with Crippen molar-refractivity contribution >= 4 is 0 Å². The van der Waals surface area contributed by atoms with Gasteiger partial charge < -0.3 is 5.32 Å². The van der Waals surface area contributed by atoms with Crippen LogP contribution in [-0.2, 0) is 6.54 Å². The lowest BCUT2D eigenvalue weighted by Crippen LogP contribution is -2.57. The lowest BCUT2D eigenvalue weighted by molar-refractivity contribution is 0.0885. The van der Waals surface area contributed by atoms with Crippen molar-refractivity contribution in [2.24, 2.45) is 5.92 Å². The van der Waals surface area contributed by atoms with Crippen molar-refractivity contribution in [2.45, 2.75) is 52.2 Å². The highest BCUT2D eigenvalue weighted by molar-refractivity contribution is 5.16. The highest BCUT2D eigenvalue weighted by Gasteiger charge is 2.29. The lowest BCUT2D eigenvalue weighted by Gasteiger charge is -2.42. The van der Waals surface area contributed by atoms with Crippen LogP contribution < -0.4 is 5.32 Å². The third-order valence-electron chi connectivity index (χ3n) is 4.25. The molecule has 1 saturated heterocycles. The van der Waals surface area contributed by atoms with Crippen LogP contribution in [0.3, 0.4) is 0 Å². The molecule has 112 valence electrons. The van der Waals surface area contributed by atoms with Crippen LogP contribution in [0.4, 0.5) is 4.39 Å². The molecule has 0 radical (unpaired) electrons. The van der Waals surface area contributed by atoms with E-state index in [9.17, 15) is 4.39 Å². The van der Waals surface area contributed by atoms with Gasteiger partial charge in [-0.05, 0) is 30.0 Å². The maximum Gasteiger partial charge on any atom is 0.123 e. The van der Waals surface area contributed by atoms with E-state index in [2.05, 4.69) is 31.0 Å². The Bertz CT molecular complexity index is 402. The summed E-state index contributed by atoms with van der Waals surface area (Å²) < 4.78 is 13.0. The van der Waals surface area contributed by atoms with Crippen molar-refractivity contribution in [1.82, 2.24) is 10.2 Å². The molecule has 20 heavy (non-hydrogen) atoms. The van der Waals surface area contributed by atoms with Crippen LogP contribution >= 0.6 is 0 Å². The molecule has 1 heterocycles. The minimum atomic E-state index is -0.154. The molecule has 0 aromatic heterocycles. The van der Waals surface area contributed by atoms with Crippen LogP contribution in [0.15, 0.2) is 24.3 Å². The Balaban J connectivity index is 2.04. The van der Waals surface area contributed by atoms with E-state index in [1.54, 1.807) is 12.1 Å². The van der Waals surface area contributed by atoms with Gasteiger partial charge in [-0.3, -0.25) is 4.90 Å². The maximum absolute atomic E-state index is 13.0. The van der Waals surface area contributed by atoms with Crippen LogP contribution in [0, 0.1) is 11.7 Å².